The van der Waals surface area contributed by atoms with Crippen LogP contribution in [0.15, 0.2) is 40.9 Å². The third-order valence-corrected chi connectivity index (χ3v) is 5.61. The summed E-state index contributed by atoms with van der Waals surface area (Å²) in [5, 5.41) is 0. The van der Waals surface area contributed by atoms with Gasteiger partial charge in [-0.1, -0.05) is 22.0 Å². The second-order valence-corrected chi connectivity index (χ2v) is 7.75. The second kappa shape index (κ2) is 6.52. The molecule has 0 radical (unpaired) electrons. The molecular weight excluding hydrogens is 434 g/mol. The van der Waals surface area contributed by atoms with Crippen molar-refractivity contribution in [2.75, 3.05) is 4.90 Å². The number of hydrogen-bond donors (Lipinski definition) is 0. The summed E-state index contributed by atoms with van der Waals surface area (Å²) in [6, 6.07) is 6.76. The smallest absolute Gasteiger partial charge is 0.305 e. The van der Waals surface area contributed by atoms with Crippen molar-refractivity contribution < 1.29 is 33.4 Å². The van der Waals surface area contributed by atoms with Gasteiger partial charge < -0.3 is 14.2 Å². The van der Waals surface area contributed by atoms with Crippen molar-refractivity contribution in [3.8, 4) is 0 Å². The Morgan fingerprint density at radius 2 is 1.71 bits per heavy atom. The molecule has 3 heterocycles. The van der Waals surface area contributed by atoms with Crippen LogP contribution in [0.5, 0.6) is 0 Å². The van der Waals surface area contributed by atoms with Crippen molar-refractivity contribution in [1.29, 1.82) is 0 Å². The zero-order chi connectivity index (χ0) is 20.2. The molecule has 1 aromatic rings. The van der Waals surface area contributed by atoms with Crippen LogP contribution < -0.4 is 4.90 Å². The van der Waals surface area contributed by atoms with Crippen LogP contribution in [0.1, 0.15) is 13.8 Å². The van der Waals surface area contributed by atoms with Crippen molar-refractivity contribution >= 4 is 45.4 Å². The van der Waals surface area contributed by atoms with Gasteiger partial charge in [-0.3, -0.25) is 19.2 Å². The van der Waals surface area contributed by atoms with E-state index in [4.69, 9.17) is 14.2 Å². The van der Waals surface area contributed by atoms with E-state index >= 15 is 0 Å². The molecular formula is C19H16BrNO7. The lowest BCUT2D eigenvalue weighted by molar-refractivity contribution is -0.226. The van der Waals surface area contributed by atoms with E-state index in [1.807, 2.05) is 0 Å². The number of carbonyl (C=O) groups excluding carboxylic acids is 4. The lowest BCUT2D eigenvalue weighted by atomic mass is 9.76. The Hall–Kier alpha value is -2.52. The highest BCUT2D eigenvalue weighted by molar-refractivity contribution is 9.10. The van der Waals surface area contributed by atoms with Gasteiger partial charge in [-0.25, -0.2) is 4.90 Å². The Bertz CT molecular complexity index is 895. The summed E-state index contributed by atoms with van der Waals surface area (Å²) >= 11 is 3.32. The molecule has 9 heteroatoms. The summed E-state index contributed by atoms with van der Waals surface area (Å²) in [6.07, 6.45) is 1.04. The Kier molecular flexibility index (Phi) is 4.39. The molecule has 2 bridgehead atoms. The first kappa shape index (κ1) is 18.8. The Morgan fingerprint density at radius 1 is 1.11 bits per heavy atom. The highest BCUT2D eigenvalue weighted by Crippen LogP contribution is 2.54. The van der Waals surface area contributed by atoms with E-state index in [0.29, 0.717) is 5.69 Å². The van der Waals surface area contributed by atoms with Gasteiger partial charge in [-0.15, -0.1) is 0 Å². The van der Waals surface area contributed by atoms with Gasteiger partial charge in [0.15, 0.2) is 5.60 Å². The molecule has 2 amide bonds. The molecule has 4 rings (SSSR count). The van der Waals surface area contributed by atoms with Crippen molar-refractivity contribution in [3.05, 3.63) is 40.9 Å². The predicted molar refractivity (Wildman–Crippen MR) is 97.7 cm³/mol. The molecule has 0 aromatic heterocycles. The summed E-state index contributed by atoms with van der Waals surface area (Å²) in [7, 11) is 0. The second-order valence-electron chi connectivity index (χ2n) is 6.84. The SMILES string of the molecule is CC(=O)OC(OC(C)=O)[C@]12C=C[C@@H](O1)[C@H]1C(=O)N(c3ccc(Br)cc3)C(=O)[C@@H]12. The van der Waals surface area contributed by atoms with Crippen LogP contribution in [0.4, 0.5) is 5.69 Å². The van der Waals surface area contributed by atoms with E-state index in [1.54, 1.807) is 36.4 Å². The number of ether oxygens (including phenoxy) is 3. The number of benzene rings is 1. The van der Waals surface area contributed by atoms with Gasteiger partial charge in [-0.05, 0) is 30.3 Å². The van der Waals surface area contributed by atoms with Gasteiger partial charge in [0.25, 0.3) is 6.29 Å². The number of amides is 2. The number of imide groups is 1. The molecule has 0 saturated carbocycles. The average Bonchev–Trinajstić information content (AvgIpc) is 3.26. The molecule has 28 heavy (non-hydrogen) atoms. The molecule has 3 aliphatic rings. The third-order valence-electron chi connectivity index (χ3n) is 5.08. The van der Waals surface area contributed by atoms with Crippen molar-refractivity contribution in [2.45, 2.75) is 31.8 Å². The van der Waals surface area contributed by atoms with E-state index in [0.717, 1.165) is 23.2 Å². The number of anilines is 1. The first-order chi connectivity index (χ1) is 13.2. The van der Waals surface area contributed by atoms with E-state index in [9.17, 15) is 19.2 Å². The first-order valence-corrected chi connectivity index (χ1v) is 9.39. The number of hydrogen-bond acceptors (Lipinski definition) is 7. The fourth-order valence-electron chi connectivity index (χ4n) is 4.06. The number of rotatable bonds is 4. The van der Waals surface area contributed by atoms with Crippen molar-refractivity contribution in [2.24, 2.45) is 11.8 Å². The molecule has 1 aromatic carbocycles. The molecule has 2 saturated heterocycles. The number of esters is 2. The quantitative estimate of drug-likeness (QED) is 0.298. The van der Waals surface area contributed by atoms with Gasteiger partial charge >= 0.3 is 11.9 Å². The van der Waals surface area contributed by atoms with E-state index in [1.165, 1.54) is 0 Å². The first-order valence-electron chi connectivity index (χ1n) is 8.59. The van der Waals surface area contributed by atoms with Gasteiger partial charge in [0.1, 0.15) is 0 Å². The minimum Gasteiger partial charge on any atom is -0.422 e. The maximum atomic E-state index is 13.3. The van der Waals surface area contributed by atoms with Gasteiger partial charge in [0.05, 0.1) is 23.6 Å². The molecule has 0 spiro atoms. The normalized spacial score (nSPS) is 30.1. The maximum absolute atomic E-state index is 13.3. The standard InChI is InChI=1S/C19H16BrNO7/c1-9(22)26-18(27-10(2)23)19-8-7-13(28-19)14-15(19)17(25)21(16(14)24)12-5-3-11(20)4-6-12/h3-8,13-15,18H,1-2H3/t13-,14-,15-,19-/m1/s1. The third kappa shape index (κ3) is 2.68. The summed E-state index contributed by atoms with van der Waals surface area (Å²) in [6.45, 7) is 2.32. The number of fused-ring (bicyclic) bond motifs is 5. The van der Waals surface area contributed by atoms with Crippen LogP contribution >= 0.6 is 15.9 Å². The zero-order valence-electron chi connectivity index (χ0n) is 15.0. The van der Waals surface area contributed by atoms with Gasteiger partial charge in [0.2, 0.25) is 11.8 Å². The van der Waals surface area contributed by atoms with E-state index in [-0.39, 0.29) is 0 Å². The Balaban J connectivity index is 1.74. The van der Waals surface area contributed by atoms with Crippen LogP contribution in [-0.2, 0) is 33.4 Å². The van der Waals surface area contributed by atoms with Crippen LogP contribution in [0.2, 0.25) is 0 Å². The summed E-state index contributed by atoms with van der Waals surface area (Å²) < 4.78 is 17.0. The summed E-state index contributed by atoms with van der Waals surface area (Å²) in [5.41, 5.74) is -1.11. The zero-order valence-corrected chi connectivity index (χ0v) is 16.5. The van der Waals surface area contributed by atoms with Crippen molar-refractivity contribution in [3.63, 3.8) is 0 Å². The van der Waals surface area contributed by atoms with Crippen molar-refractivity contribution in [1.82, 2.24) is 0 Å². The van der Waals surface area contributed by atoms with Gasteiger partial charge in [-0.2, -0.15) is 0 Å². The van der Waals surface area contributed by atoms with E-state index in [2.05, 4.69) is 15.9 Å². The van der Waals surface area contributed by atoms with Crippen LogP contribution in [0.25, 0.3) is 0 Å². The molecule has 2 fully saturated rings. The van der Waals surface area contributed by atoms with Crippen LogP contribution in [0, 0.1) is 11.8 Å². The number of halogens is 1. The minimum atomic E-state index is -1.54. The molecule has 146 valence electrons. The topological polar surface area (TPSA) is 99.2 Å². The average molecular weight is 450 g/mol. The molecule has 3 aliphatic heterocycles. The highest BCUT2D eigenvalue weighted by atomic mass is 79.9. The van der Waals surface area contributed by atoms with Crippen LogP contribution in [-0.4, -0.2) is 41.7 Å². The number of carbonyl (C=O) groups is 4. The molecule has 8 nitrogen and oxygen atoms in total. The molecule has 0 aliphatic carbocycles. The number of nitrogens with zero attached hydrogens (tertiary/aromatic N) is 1. The highest BCUT2D eigenvalue weighted by Gasteiger charge is 2.72. The lowest BCUT2D eigenvalue weighted by Gasteiger charge is -2.34. The molecule has 4 atom stereocenters. The predicted octanol–water partition coefficient (Wildman–Crippen LogP) is 1.71. The summed E-state index contributed by atoms with van der Waals surface area (Å²) in [5.74, 6) is -4.05. The van der Waals surface area contributed by atoms with Gasteiger partial charge in [0, 0.05) is 18.3 Å². The van der Waals surface area contributed by atoms with Crippen LogP contribution in [0.3, 0.4) is 0 Å². The Labute approximate surface area is 168 Å². The largest absolute Gasteiger partial charge is 0.422 e. The Morgan fingerprint density at radius 3 is 2.29 bits per heavy atom. The summed E-state index contributed by atoms with van der Waals surface area (Å²) in [4.78, 5) is 50.5. The van der Waals surface area contributed by atoms with E-state index < -0.39 is 53.6 Å². The monoisotopic (exact) mass is 449 g/mol. The fraction of sp³-hybridized carbons (Fsp3) is 0.368. The maximum Gasteiger partial charge on any atom is 0.305 e. The lowest BCUT2D eigenvalue weighted by Crippen LogP contribution is -2.52. The minimum absolute atomic E-state index is 0.405. The fourth-order valence-corrected chi connectivity index (χ4v) is 4.33. The molecule has 0 N–H and O–H groups in total. The molecule has 0 unspecified atom stereocenters.